The van der Waals surface area contributed by atoms with Gasteiger partial charge in [-0.05, 0) is 84.4 Å². The van der Waals surface area contributed by atoms with Crippen LogP contribution >= 0.6 is 0 Å². The van der Waals surface area contributed by atoms with Crippen molar-refractivity contribution in [3.05, 3.63) is 83.0 Å². The van der Waals surface area contributed by atoms with Crippen LogP contribution in [0, 0.1) is 35.5 Å². The minimum Gasteiger partial charge on any atom is -0.453 e. The summed E-state index contributed by atoms with van der Waals surface area (Å²) in [6.45, 7) is 8.89. The first kappa shape index (κ1) is 39.6. The molecule has 0 aliphatic carbocycles. The number of alkyl carbamates (subject to hydrolysis) is 1. The average Bonchev–Trinajstić information content (AvgIpc) is 4.03. The number of likely N-dealkylation sites (tertiary alicyclic amines) is 2. The molecule has 4 aromatic rings. The minimum atomic E-state index is -0.696. The molecule has 0 spiro atoms. The highest BCUT2D eigenvalue weighted by molar-refractivity contribution is 5.87. The van der Waals surface area contributed by atoms with Crippen molar-refractivity contribution in [2.24, 2.45) is 16.8 Å². The summed E-state index contributed by atoms with van der Waals surface area (Å²) in [4.78, 5) is 71.9. The number of nitrogens with one attached hydrogen (secondary N) is 3. The molecule has 14 nitrogen and oxygen atoms in total. The highest BCUT2D eigenvalue weighted by Crippen LogP contribution is 2.33. The number of fused-ring (bicyclic) bond motifs is 1. The molecule has 3 N–H and O–H groups in total. The van der Waals surface area contributed by atoms with Crippen LogP contribution in [0.15, 0.2) is 53.8 Å². The Morgan fingerprint density at radius 1 is 0.804 bits per heavy atom. The fraction of sp³-hybridized carbons (Fsp3) is 0.429. The first-order valence-corrected chi connectivity index (χ1v) is 18.9. The molecule has 4 atom stereocenters. The van der Waals surface area contributed by atoms with Crippen molar-refractivity contribution in [2.75, 3.05) is 27.3 Å². The summed E-state index contributed by atoms with van der Waals surface area (Å²) >= 11 is 0. The van der Waals surface area contributed by atoms with E-state index in [1.807, 2.05) is 69.0 Å². The van der Waals surface area contributed by atoms with Gasteiger partial charge in [0.25, 0.3) is 0 Å². The van der Waals surface area contributed by atoms with Crippen LogP contribution in [-0.2, 0) is 24.1 Å². The summed E-state index contributed by atoms with van der Waals surface area (Å²) in [7, 11) is 2.67. The third-order valence-corrected chi connectivity index (χ3v) is 10.1. The van der Waals surface area contributed by atoms with E-state index in [-0.39, 0.29) is 35.7 Å². The number of rotatable bonds is 10. The molecule has 0 saturated carbocycles. The SMILES string of the molecule is COOC=N[C@H](C(=O)N1CCC[C@H]1c1ncc(C#Cc2ccc3cc(C#Cc4cnc([C@@H]5CCCN5C(=O)[C@@H](NC(=O)OC)C(C)C)[nH]4)ccc3c2)[nH]1)C(C)C. The normalized spacial score (nSPS) is 17.8. The van der Waals surface area contributed by atoms with Crippen molar-refractivity contribution in [2.45, 2.75) is 77.5 Å². The van der Waals surface area contributed by atoms with Gasteiger partial charge in [-0.3, -0.25) is 9.59 Å². The Hall–Kier alpha value is -6.12. The second kappa shape index (κ2) is 18.0. The number of amides is 3. The minimum absolute atomic E-state index is 0.0194. The van der Waals surface area contributed by atoms with Crippen LogP contribution in [-0.4, -0.2) is 93.4 Å². The number of aromatic amines is 2. The van der Waals surface area contributed by atoms with Crippen LogP contribution in [0.5, 0.6) is 0 Å². The van der Waals surface area contributed by atoms with Gasteiger partial charge in [-0.15, -0.1) is 0 Å². The second-order valence-corrected chi connectivity index (χ2v) is 14.6. The standard InChI is InChI=1S/C42H48N8O6/c1-26(2)36(45-25-56-55-6)40(51)49-19-7-9-34(49)38-43-23-32(46-38)17-13-28-11-15-31-22-29(12-16-30(31)21-28)14-18-33-24-44-39(47-33)35-10-8-20-50(35)41(52)37(27(3)4)48-42(53)54-5/h11-12,15-16,21-27,34-37H,7-10,19-20H2,1-6H3,(H,43,46)(H,44,47)(H,48,53)/t34-,35-,36-,37-/m0/s1. The summed E-state index contributed by atoms with van der Waals surface area (Å²) in [6.07, 6.45) is 7.20. The van der Waals surface area contributed by atoms with E-state index in [2.05, 4.69) is 58.8 Å². The maximum Gasteiger partial charge on any atom is 0.407 e. The van der Waals surface area contributed by atoms with Crippen molar-refractivity contribution in [3.63, 3.8) is 0 Å². The lowest BCUT2D eigenvalue weighted by atomic mass is 10.0. The molecular formula is C42H48N8O6. The highest BCUT2D eigenvalue weighted by atomic mass is 17.2. The number of H-pyrrole nitrogens is 2. The van der Waals surface area contributed by atoms with Gasteiger partial charge in [0.1, 0.15) is 35.1 Å². The summed E-state index contributed by atoms with van der Waals surface area (Å²) in [6, 6.07) is 10.4. The van der Waals surface area contributed by atoms with Gasteiger partial charge < -0.3 is 34.7 Å². The van der Waals surface area contributed by atoms with E-state index in [0.29, 0.717) is 36.1 Å². The molecule has 292 valence electrons. The largest absolute Gasteiger partial charge is 0.453 e. The van der Waals surface area contributed by atoms with Gasteiger partial charge in [0.15, 0.2) is 0 Å². The van der Waals surface area contributed by atoms with Gasteiger partial charge in [0.2, 0.25) is 18.2 Å². The summed E-state index contributed by atoms with van der Waals surface area (Å²) in [5.41, 5.74) is 3.01. The van der Waals surface area contributed by atoms with E-state index in [0.717, 1.165) is 47.6 Å². The van der Waals surface area contributed by atoms with Crippen LogP contribution in [0.3, 0.4) is 0 Å². The van der Waals surface area contributed by atoms with Crippen LogP contribution in [0.25, 0.3) is 10.8 Å². The number of aliphatic imine (C=N–C) groups is 1. The molecule has 6 rings (SSSR count). The molecule has 2 saturated heterocycles. The number of carbonyl (C=O) groups is 3. The van der Waals surface area contributed by atoms with Gasteiger partial charge in [-0.25, -0.2) is 19.8 Å². The van der Waals surface area contributed by atoms with Crippen LogP contribution in [0.4, 0.5) is 4.79 Å². The fourth-order valence-electron chi connectivity index (χ4n) is 7.15. The monoisotopic (exact) mass is 760 g/mol. The Bertz CT molecular complexity index is 2200. The molecular weight excluding hydrogens is 713 g/mol. The van der Waals surface area contributed by atoms with E-state index in [1.54, 1.807) is 17.3 Å². The molecule has 2 aliphatic heterocycles. The molecule has 2 aromatic carbocycles. The molecule has 56 heavy (non-hydrogen) atoms. The zero-order valence-electron chi connectivity index (χ0n) is 32.6. The lowest BCUT2D eigenvalue weighted by Crippen LogP contribution is -2.51. The molecule has 0 radical (unpaired) electrons. The van der Waals surface area contributed by atoms with E-state index in [9.17, 15) is 14.4 Å². The van der Waals surface area contributed by atoms with Crippen molar-refractivity contribution in [1.29, 1.82) is 0 Å². The molecule has 14 heteroatoms. The lowest BCUT2D eigenvalue weighted by molar-refractivity contribution is -0.188. The maximum atomic E-state index is 13.5. The van der Waals surface area contributed by atoms with Crippen LogP contribution < -0.4 is 5.32 Å². The number of aromatic nitrogens is 4. The van der Waals surface area contributed by atoms with Crippen molar-refractivity contribution >= 4 is 35.1 Å². The van der Waals surface area contributed by atoms with Crippen molar-refractivity contribution in [1.82, 2.24) is 35.1 Å². The predicted octanol–water partition coefficient (Wildman–Crippen LogP) is 5.42. The average molecular weight is 761 g/mol. The van der Waals surface area contributed by atoms with Crippen molar-refractivity contribution < 1.29 is 28.9 Å². The smallest absolute Gasteiger partial charge is 0.407 e. The molecule has 2 aromatic heterocycles. The van der Waals surface area contributed by atoms with E-state index >= 15 is 0 Å². The van der Waals surface area contributed by atoms with Gasteiger partial charge >= 0.3 is 6.09 Å². The Labute approximate surface area is 326 Å². The molecule has 0 unspecified atom stereocenters. The van der Waals surface area contributed by atoms with Crippen LogP contribution in [0.2, 0.25) is 0 Å². The van der Waals surface area contributed by atoms with Gasteiger partial charge in [0, 0.05) is 24.2 Å². The predicted molar refractivity (Wildman–Crippen MR) is 210 cm³/mol. The zero-order valence-corrected chi connectivity index (χ0v) is 32.6. The zero-order chi connectivity index (χ0) is 39.8. The summed E-state index contributed by atoms with van der Waals surface area (Å²) in [5, 5.41) is 4.74. The summed E-state index contributed by atoms with van der Waals surface area (Å²) < 4.78 is 4.74. The number of carbonyl (C=O) groups excluding carboxylic acids is 3. The maximum absolute atomic E-state index is 13.5. The number of methoxy groups -OCH3 is 1. The third kappa shape index (κ3) is 9.21. The Kier molecular flexibility index (Phi) is 12.7. The lowest BCUT2D eigenvalue weighted by Gasteiger charge is -2.29. The van der Waals surface area contributed by atoms with Crippen LogP contribution in [0.1, 0.15) is 99.6 Å². The van der Waals surface area contributed by atoms with Gasteiger partial charge in [0.05, 0.1) is 38.7 Å². The first-order chi connectivity index (χ1) is 27.1. The van der Waals surface area contributed by atoms with E-state index in [4.69, 9.17) is 9.62 Å². The van der Waals surface area contributed by atoms with Crippen molar-refractivity contribution in [3.8, 4) is 23.7 Å². The highest BCUT2D eigenvalue weighted by Gasteiger charge is 2.38. The van der Waals surface area contributed by atoms with Gasteiger partial charge in [-0.2, -0.15) is 4.89 Å². The molecule has 3 amide bonds. The number of nitrogens with zero attached hydrogens (tertiary/aromatic N) is 5. The summed E-state index contributed by atoms with van der Waals surface area (Å²) in [5.74, 6) is 13.8. The number of imidazole rings is 2. The second-order valence-electron chi connectivity index (χ2n) is 14.6. The fourth-order valence-corrected chi connectivity index (χ4v) is 7.15. The topological polar surface area (TPSA) is 167 Å². The molecule has 2 fully saturated rings. The van der Waals surface area contributed by atoms with E-state index in [1.165, 1.54) is 20.6 Å². The Morgan fingerprint density at radius 3 is 1.82 bits per heavy atom. The quantitative estimate of drug-likeness (QED) is 0.0633. The molecule has 0 bridgehead atoms. The number of hydrogen-bond acceptors (Lipinski definition) is 9. The Morgan fingerprint density at radius 2 is 1.34 bits per heavy atom. The molecule has 2 aliphatic rings. The third-order valence-electron chi connectivity index (χ3n) is 10.1. The number of ether oxygens (including phenoxy) is 1. The van der Waals surface area contributed by atoms with Gasteiger partial charge in [-0.1, -0.05) is 51.7 Å². The number of benzene rings is 2. The Balaban J connectivity index is 1.10. The first-order valence-electron chi connectivity index (χ1n) is 18.9. The number of hydrogen-bond donors (Lipinski definition) is 3. The molecule has 4 heterocycles. The van der Waals surface area contributed by atoms with E-state index < -0.39 is 18.2 Å².